The normalized spacial score (nSPS) is 10.1. The first-order valence-corrected chi connectivity index (χ1v) is 5.82. The molecule has 88 valence electrons. The van der Waals surface area contributed by atoms with Crippen molar-refractivity contribution in [1.29, 1.82) is 0 Å². The summed E-state index contributed by atoms with van der Waals surface area (Å²) in [6, 6.07) is 6.30. The second-order valence-electron chi connectivity index (χ2n) is 3.88. The van der Waals surface area contributed by atoms with E-state index in [-0.39, 0.29) is 0 Å². The number of hydrogen-bond acceptors (Lipinski definition) is 2. The van der Waals surface area contributed by atoms with Crippen molar-refractivity contribution in [2.45, 2.75) is 26.8 Å². The summed E-state index contributed by atoms with van der Waals surface area (Å²) in [7, 11) is 0. The summed E-state index contributed by atoms with van der Waals surface area (Å²) in [5.41, 5.74) is 2.48. The first kappa shape index (κ1) is 12.8. The molecule has 1 N–H and O–H groups in total. The van der Waals surface area contributed by atoms with Gasteiger partial charge in [0, 0.05) is 18.7 Å². The van der Waals surface area contributed by atoms with Gasteiger partial charge in [-0.3, -0.25) is 0 Å². The number of aryl methyl sites for hydroxylation is 1. The average molecular weight is 219 g/mol. The summed E-state index contributed by atoms with van der Waals surface area (Å²) in [5.74, 6) is 0.990. The van der Waals surface area contributed by atoms with Crippen LogP contribution < -0.4 is 10.1 Å². The fraction of sp³-hybridized carbons (Fsp3) is 0.429. The number of ether oxygens (including phenoxy) is 1. The minimum atomic E-state index is 0.775. The summed E-state index contributed by atoms with van der Waals surface area (Å²) in [6.07, 6.45) is 2.90. The Bertz CT molecular complexity index is 334. The van der Waals surface area contributed by atoms with Gasteiger partial charge in [-0.1, -0.05) is 30.7 Å². The van der Waals surface area contributed by atoms with Gasteiger partial charge in [0.2, 0.25) is 0 Å². The lowest BCUT2D eigenvalue weighted by molar-refractivity contribution is 0.313. The molecule has 2 heteroatoms. The Morgan fingerprint density at radius 2 is 2.25 bits per heavy atom. The zero-order valence-electron chi connectivity index (χ0n) is 10.3. The smallest absolute Gasteiger partial charge is 0.123 e. The summed E-state index contributed by atoms with van der Waals surface area (Å²) in [4.78, 5) is 0. The summed E-state index contributed by atoms with van der Waals surface area (Å²) >= 11 is 0. The van der Waals surface area contributed by atoms with Crippen LogP contribution in [0.3, 0.4) is 0 Å². The van der Waals surface area contributed by atoms with Crippen molar-refractivity contribution in [2.75, 3.05) is 13.2 Å². The van der Waals surface area contributed by atoms with Gasteiger partial charge in [-0.2, -0.15) is 0 Å². The van der Waals surface area contributed by atoms with Gasteiger partial charge in [0.05, 0.1) is 6.61 Å². The van der Waals surface area contributed by atoms with Crippen LogP contribution in [0.25, 0.3) is 0 Å². The minimum Gasteiger partial charge on any atom is -0.493 e. The van der Waals surface area contributed by atoms with Crippen LogP contribution in [-0.2, 0) is 6.54 Å². The number of hydrogen-bond donors (Lipinski definition) is 1. The lowest BCUT2D eigenvalue weighted by Crippen LogP contribution is -2.14. The standard InChI is InChI=1S/C14H21NO/c1-4-8-15-11-13-10-12(3)6-7-14(13)16-9-5-2/h4,6-7,10,15H,1,5,8-9,11H2,2-3H3. The first-order chi connectivity index (χ1) is 7.77. The van der Waals surface area contributed by atoms with Crippen LogP contribution in [0.4, 0.5) is 0 Å². The predicted molar refractivity (Wildman–Crippen MR) is 68.9 cm³/mol. The van der Waals surface area contributed by atoms with E-state index in [1.54, 1.807) is 0 Å². The van der Waals surface area contributed by atoms with E-state index in [0.717, 1.165) is 31.9 Å². The molecule has 0 atom stereocenters. The summed E-state index contributed by atoms with van der Waals surface area (Å²) < 4.78 is 5.71. The molecule has 0 spiro atoms. The monoisotopic (exact) mass is 219 g/mol. The molecule has 2 nitrogen and oxygen atoms in total. The van der Waals surface area contributed by atoms with Crippen molar-refractivity contribution in [3.05, 3.63) is 42.0 Å². The molecule has 0 saturated heterocycles. The zero-order chi connectivity index (χ0) is 11.8. The molecule has 0 bridgehead atoms. The van der Waals surface area contributed by atoms with Crippen LogP contribution in [-0.4, -0.2) is 13.2 Å². The maximum Gasteiger partial charge on any atom is 0.123 e. The van der Waals surface area contributed by atoms with E-state index in [1.165, 1.54) is 11.1 Å². The summed E-state index contributed by atoms with van der Waals surface area (Å²) in [6.45, 7) is 10.3. The molecule has 0 aliphatic rings. The third-order valence-corrected chi connectivity index (χ3v) is 2.28. The lowest BCUT2D eigenvalue weighted by atomic mass is 10.1. The molecule has 0 unspecified atom stereocenters. The molecular weight excluding hydrogens is 198 g/mol. The van der Waals surface area contributed by atoms with E-state index >= 15 is 0 Å². The molecular formula is C14H21NO. The van der Waals surface area contributed by atoms with Gasteiger partial charge in [0.1, 0.15) is 5.75 Å². The molecule has 0 aromatic heterocycles. The highest BCUT2D eigenvalue weighted by molar-refractivity contribution is 5.36. The summed E-state index contributed by atoms with van der Waals surface area (Å²) in [5, 5.41) is 3.30. The van der Waals surface area contributed by atoms with Crippen molar-refractivity contribution in [3.63, 3.8) is 0 Å². The Hall–Kier alpha value is -1.28. The quantitative estimate of drug-likeness (QED) is 0.562. The molecule has 0 fully saturated rings. The highest BCUT2D eigenvalue weighted by Crippen LogP contribution is 2.20. The van der Waals surface area contributed by atoms with Crippen LogP contribution in [0.2, 0.25) is 0 Å². The molecule has 1 rings (SSSR count). The zero-order valence-corrected chi connectivity index (χ0v) is 10.3. The van der Waals surface area contributed by atoms with Crippen LogP contribution in [0.1, 0.15) is 24.5 Å². The highest BCUT2D eigenvalue weighted by atomic mass is 16.5. The fourth-order valence-electron chi connectivity index (χ4n) is 1.51. The second-order valence-corrected chi connectivity index (χ2v) is 3.88. The number of benzene rings is 1. The third kappa shape index (κ3) is 4.07. The SMILES string of the molecule is C=CCNCc1cc(C)ccc1OCCC. The molecule has 0 saturated carbocycles. The van der Waals surface area contributed by atoms with Crippen molar-refractivity contribution in [2.24, 2.45) is 0 Å². The van der Waals surface area contributed by atoms with Crippen LogP contribution in [0.15, 0.2) is 30.9 Å². The van der Waals surface area contributed by atoms with Gasteiger partial charge in [-0.05, 0) is 19.4 Å². The van der Waals surface area contributed by atoms with Gasteiger partial charge in [0.25, 0.3) is 0 Å². The van der Waals surface area contributed by atoms with Crippen molar-refractivity contribution in [3.8, 4) is 5.75 Å². The second kappa shape index (κ2) is 7.07. The van der Waals surface area contributed by atoms with Crippen LogP contribution in [0.5, 0.6) is 5.75 Å². The minimum absolute atomic E-state index is 0.775. The lowest BCUT2D eigenvalue weighted by Gasteiger charge is -2.12. The molecule has 1 aromatic carbocycles. The first-order valence-electron chi connectivity index (χ1n) is 5.82. The van der Waals surface area contributed by atoms with Gasteiger partial charge in [0.15, 0.2) is 0 Å². The molecule has 0 amide bonds. The van der Waals surface area contributed by atoms with Gasteiger partial charge in [-0.25, -0.2) is 0 Å². The predicted octanol–water partition coefficient (Wildman–Crippen LogP) is 3.06. The van der Waals surface area contributed by atoms with Crippen LogP contribution in [0, 0.1) is 6.92 Å². The largest absolute Gasteiger partial charge is 0.493 e. The Kier molecular flexibility index (Phi) is 5.65. The van der Waals surface area contributed by atoms with Gasteiger partial charge >= 0.3 is 0 Å². The number of nitrogens with one attached hydrogen (secondary N) is 1. The van der Waals surface area contributed by atoms with E-state index in [2.05, 4.69) is 43.9 Å². The Morgan fingerprint density at radius 3 is 2.94 bits per heavy atom. The fourth-order valence-corrected chi connectivity index (χ4v) is 1.51. The maximum absolute atomic E-state index is 5.71. The van der Waals surface area contributed by atoms with E-state index in [0.29, 0.717) is 0 Å². The van der Waals surface area contributed by atoms with E-state index < -0.39 is 0 Å². The molecule has 0 heterocycles. The Balaban J connectivity index is 2.68. The topological polar surface area (TPSA) is 21.3 Å². The highest BCUT2D eigenvalue weighted by Gasteiger charge is 2.03. The average Bonchev–Trinajstić information content (AvgIpc) is 2.28. The third-order valence-electron chi connectivity index (χ3n) is 2.28. The number of rotatable bonds is 7. The molecule has 1 aromatic rings. The van der Waals surface area contributed by atoms with E-state index in [4.69, 9.17) is 4.74 Å². The molecule has 0 aliphatic carbocycles. The van der Waals surface area contributed by atoms with Crippen molar-refractivity contribution in [1.82, 2.24) is 5.32 Å². The van der Waals surface area contributed by atoms with Gasteiger partial charge in [-0.15, -0.1) is 6.58 Å². The Labute approximate surface area is 98.3 Å². The van der Waals surface area contributed by atoms with Crippen LogP contribution >= 0.6 is 0 Å². The van der Waals surface area contributed by atoms with Crippen molar-refractivity contribution < 1.29 is 4.74 Å². The Morgan fingerprint density at radius 1 is 1.44 bits per heavy atom. The van der Waals surface area contributed by atoms with E-state index in [1.807, 2.05) is 6.08 Å². The maximum atomic E-state index is 5.71. The molecule has 16 heavy (non-hydrogen) atoms. The molecule has 0 radical (unpaired) electrons. The van der Waals surface area contributed by atoms with Crippen molar-refractivity contribution >= 4 is 0 Å². The molecule has 0 aliphatic heterocycles. The van der Waals surface area contributed by atoms with E-state index in [9.17, 15) is 0 Å². The van der Waals surface area contributed by atoms with Gasteiger partial charge < -0.3 is 10.1 Å².